The quantitative estimate of drug-likeness (QED) is 0.396. The molecule has 3 N–H and O–H groups in total. The van der Waals surface area contributed by atoms with Gasteiger partial charge in [-0.25, -0.2) is 13.2 Å². The van der Waals surface area contributed by atoms with E-state index in [0.29, 0.717) is 12.5 Å². The molecule has 0 atom stereocenters. The third kappa shape index (κ3) is 6.21. The molecule has 0 fully saturated rings. The second kappa shape index (κ2) is 10.5. The van der Waals surface area contributed by atoms with Crippen molar-refractivity contribution >= 4 is 21.9 Å². The van der Waals surface area contributed by atoms with Crippen LogP contribution in [-0.2, 0) is 16.6 Å². The van der Waals surface area contributed by atoms with Crippen LogP contribution in [0.25, 0.3) is 0 Å². The average Bonchev–Trinajstić information content (AvgIpc) is 2.81. The Balaban J connectivity index is 1.60. The van der Waals surface area contributed by atoms with Crippen LogP contribution in [0.1, 0.15) is 57.2 Å². The molecular weight excluding hydrogens is 456 g/mol. The number of ether oxygens (including phenoxy) is 1. The van der Waals surface area contributed by atoms with Crippen LogP contribution in [0.4, 0.5) is 0 Å². The molecule has 0 radical (unpaired) electrons. The SMILES string of the molecule is Cc1ccc(C(C)C)c(OCc2ccc(C(=O)NNS(=O)(=O)c3ccc(C(=O)O)cc3)cc2)c1. The number of nitrogens with one attached hydrogen (secondary N) is 2. The largest absolute Gasteiger partial charge is 0.489 e. The van der Waals surface area contributed by atoms with Crippen LogP contribution < -0.4 is 15.0 Å². The number of hydrazine groups is 1. The third-order valence-electron chi connectivity index (χ3n) is 5.11. The van der Waals surface area contributed by atoms with Crippen molar-refractivity contribution in [2.75, 3.05) is 0 Å². The predicted molar refractivity (Wildman–Crippen MR) is 127 cm³/mol. The number of carboxylic acids is 1. The summed E-state index contributed by atoms with van der Waals surface area (Å²) in [5.41, 5.74) is 5.44. The molecule has 0 unspecified atom stereocenters. The number of hydrogen-bond donors (Lipinski definition) is 3. The van der Waals surface area contributed by atoms with Crippen molar-refractivity contribution in [1.29, 1.82) is 0 Å². The zero-order valence-corrected chi connectivity index (χ0v) is 19.8. The van der Waals surface area contributed by atoms with E-state index in [1.165, 1.54) is 12.1 Å². The summed E-state index contributed by atoms with van der Waals surface area (Å²) in [5.74, 6) is -0.666. The lowest BCUT2D eigenvalue weighted by molar-refractivity contribution is 0.0696. The van der Waals surface area contributed by atoms with Crippen LogP contribution in [0.3, 0.4) is 0 Å². The molecule has 3 aromatic carbocycles. The second-order valence-corrected chi connectivity index (χ2v) is 9.75. The van der Waals surface area contributed by atoms with Crippen molar-refractivity contribution < 1.29 is 27.9 Å². The molecule has 0 aliphatic carbocycles. The average molecular weight is 483 g/mol. The summed E-state index contributed by atoms with van der Waals surface area (Å²) in [6.07, 6.45) is 0. The maximum absolute atomic E-state index is 12.4. The predicted octanol–water partition coefficient (Wildman–Crippen LogP) is 4.02. The fourth-order valence-corrected chi connectivity index (χ4v) is 4.02. The van der Waals surface area contributed by atoms with Crippen molar-refractivity contribution in [3.05, 3.63) is 94.5 Å². The Hall–Kier alpha value is -3.69. The first-order valence-electron chi connectivity index (χ1n) is 10.5. The minimum Gasteiger partial charge on any atom is -0.489 e. The van der Waals surface area contributed by atoms with Crippen molar-refractivity contribution in [3.63, 3.8) is 0 Å². The fraction of sp³-hybridized carbons (Fsp3) is 0.200. The van der Waals surface area contributed by atoms with E-state index in [0.717, 1.165) is 34.6 Å². The zero-order chi connectivity index (χ0) is 24.9. The van der Waals surface area contributed by atoms with Gasteiger partial charge in [0.1, 0.15) is 12.4 Å². The van der Waals surface area contributed by atoms with Gasteiger partial charge in [0, 0.05) is 5.56 Å². The number of aromatic carboxylic acids is 1. The number of amides is 1. The Kier molecular flexibility index (Phi) is 7.70. The van der Waals surface area contributed by atoms with Gasteiger partial charge in [-0.2, -0.15) is 0 Å². The molecule has 3 aromatic rings. The molecule has 0 aliphatic rings. The molecule has 0 saturated carbocycles. The van der Waals surface area contributed by atoms with Crippen molar-refractivity contribution in [2.45, 2.75) is 38.2 Å². The number of hydrogen-bond acceptors (Lipinski definition) is 5. The van der Waals surface area contributed by atoms with E-state index in [9.17, 15) is 18.0 Å². The van der Waals surface area contributed by atoms with Gasteiger partial charge in [-0.1, -0.05) is 38.1 Å². The van der Waals surface area contributed by atoms with Crippen LogP contribution in [0.2, 0.25) is 0 Å². The highest BCUT2D eigenvalue weighted by Crippen LogP contribution is 2.28. The van der Waals surface area contributed by atoms with E-state index in [2.05, 4.69) is 31.4 Å². The standard InChI is InChI=1S/C25H26N2O6S/c1-16(2)22-13-4-17(3)14-23(22)33-15-18-5-7-19(8-6-18)24(28)26-27-34(31,32)21-11-9-20(10-12-21)25(29)30/h4-14,16,27H,15H2,1-3H3,(H,26,28)(H,29,30). The molecule has 0 aliphatic heterocycles. The molecule has 3 rings (SSSR count). The van der Waals surface area contributed by atoms with Gasteiger partial charge in [0.05, 0.1) is 10.5 Å². The molecule has 0 saturated heterocycles. The molecule has 0 heterocycles. The van der Waals surface area contributed by atoms with E-state index in [1.54, 1.807) is 24.3 Å². The maximum atomic E-state index is 12.4. The lowest BCUT2D eigenvalue weighted by Crippen LogP contribution is -2.41. The first-order valence-corrected chi connectivity index (χ1v) is 12.0. The normalized spacial score (nSPS) is 11.3. The van der Waals surface area contributed by atoms with Crippen LogP contribution in [0.15, 0.2) is 71.6 Å². The van der Waals surface area contributed by atoms with E-state index >= 15 is 0 Å². The summed E-state index contributed by atoms with van der Waals surface area (Å²) in [4.78, 5) is 25.1. The summed E-state index contributed by atoms with van der Waals surface area (Å²) in [6.45, 7) is 6.53. The van der Waals surface area contributed by atoms with E-state index < -0.39 is 21.9 Å². The minimum atomic E-state index is -4.06. The van der Waals surface area contributed by atoms with Gasteiger partial charge in [-0.05, 0) is 72.0 Å². The van der Waals surface area contributed by atoms with Gasteiger partial charge in [0.2, 0.25) is 0 Å². The molecule has 1 amide bonds. The summed E-state index contributed by atoms with van der Waals surface area (Å²) in [7, 11) is -4.06. The molecule has 34 heavy (non-hydrogen) atoms. The highest BCUT2D eigenvalue weighted by Gasteiger charge is 2.17. The fourth-order valence-electron chi connectivity index (χ4n) is 3.18. The van der Waals surface area contributed by atoms with E-state index in [-0.39, 0.29) is 16.0 Å². The summed E-state index contributed by atoms with van der Waals surface area (Å²) < 4.78 is 30.7. The Morgan fingerprint density at radius 2 is 1.56 bits per heavy atom. The maximum Gasteiger partial charge on any atom is 0.335 e. The topological polar surface area (TPSA) is 122 Å². The Labute approximate surface area is 198 Å². The number of carbonyl (C=O) groups excluding carboxylic acids is 1. The lowest BCUT2D eigenvalue weighted by Gasteiger charge is -2.15. The Morgan fingerprint density at radius 3 is 2.15 bits per heavy atom. The molecule has 8 nitrogen and oxygen atoms in total. The lowest BCUT2D eigenvalue weighted by atomic mass is 10.0. The number of carboxylic acid groups (broad SMARTS) is 1. The van der Waals surface area contributed by atoms with Crippen LogP contribution >= 0.6 is 0 Å². The van der Waals surface area contributed by atoms with Gasteiger partial charge in [0.25, 0.3) is 15.9 Å². The molecule has 0 aromatic heterocycles. The van der Waals surface area contributed by atoms with Crippen molar-refractivity contribution in [3.8, 4) is 5.75 Å². The van der Waals surface area contributed by atoms with Gasteiger partial charge < -0.3 is 9.84 Å². The smallest absolute Gasteiger partial charge is 0.335 e. The first-order chi connectivity index (χ1) is 16.1. The number of rotatable bonds is 9. The Morgan fingerprint density at radius 1 is 0.941 bits per heavy atom. The monoisotopic (exact) mass is 482 g/mol. The number of carbonyl (C=O) groups is 2. The van der Waals surface area contributed by atoms with Gasteiger partial charge in [-0.3, -0.25) is 10.2 Å². The minimum absolute atomic E-state index is 0.0464. The van der Waals surface area contributed by atoms with Crippen molar-refractivity contribution in [1.82, 2.24) is 10.3 Å². The summed E-state index contributed by atoms with van der Waals surface area (Å²) >= 11 is 0. The second-order valence-electron chi connectivity index (χ2n) is 8.07. The first kappa shape index (κ1) is 24.9. The molecule has 0 spiro atoms. The molecule has 178 valence electrons. The van der Waals surface area contributed by atoms with Crippen molar-refractivity contribution in [2.24, 2.45) is 0 Å². The summed E-state index contributed by atoms with van der Waals surface area (Å²) in [6, 6.07) is 17.3. The highest BCUT2D eigenvalue weighted by atomic mass is 32.2. The molecule has 0 bridgehead atoms. The number of aryl methyl sites for hydroxylation is 1. The van der Waals surface area contributed by atoms with Gasteiger partial charge in [-0.15, -0.1) is 4.83 Å². The van der Waals surface area contributed by atoms with Crippen LogP contribution in [-0.4, -0.2) is 25.4 Å². The molecular formula is C25H26N2O6S. The van der Waals surface area contributed by atoms with Gasteiger partial charge >= 0.3 is 5.97 Å². The molecule has 9 heteroatoms. The van der Waals surface area contributed by atoms with E-state index in [4.69, 9.17) is 9.84 Å². The zero-order valence-electron chi connectivity index (χ0n) is 19.0. The number of benzene rings is 3. The highest BCUT2D eigenvalue weighted by molar-refractivity contribution is 7.89. The summed E-state index contributed by atoms with van der Waals surface area (Å²) in [5, 5.41) is 8.91. The third-order valence-corrected chi connectivity index (χ3v) is 6.38. The van der Waals surface area contributed by atoms with Crippen LogP contribution in [0.5, 0.6) is 5.75 Å². The number of sulfonamides is 1. The van der Waals surface area contributed by atoms with Crippen LogP contribution in [0, 0.1) is 6.92 Å². The van der Waals surface area contributed by atoms with Gasteiger partial charge in [0.15, 0.2) is 0 Å². The Bertz CT molecular complexity index is 1280. The van der Waals surface area contributed by atoms with E-state index in [1.807, 2.05) is 17.8 Å².